The van der Waals surface area contributed by atoms with Gasteiger partial charge >= 0.3 is 18.2 Å². The molecule has 0 fully saturated rings. The van der Waals surface area contributed by atoms with Gasteiger partial charge in [-0.15, -0.1) is 5.10 Å². The van der Waals surface area contributed by atoms with Crippen LogP contribution in [-0.2, 0) is 14.3 Å². The fraction of sp³-hybridized carbons (Fsp3) is 0.591. The Kier molecular flexibility index (Phi) is 8.61. The lowest BCUT2D eigenvalue weighted by Crippen LogP contribution is -2.46. The van der Waals surface area contributed by atoms with Gasteiger partial charge in [0.15, 0.2) is 0 Å². The van der Waals surface area contributed by atoms with Crippen LogP contribution >= 0.6 is 0 Å². The highest BCUT2D eigenvalue weighted by molar-refractivity contribution is 5.82. The average Bonchev–Trinajstić information content (AvgIpc) is 3.07. The Morgan fingerprint density at radius 2 is 1.61 bits per heavy atom. The number of benzene rings is 1. The van der Waals surface area contributed by atoms with Crippen LogP contribution in [0.4, 0.5) is 9.59 Å². The number of nitrogens with one attached hydrogen (secondary N) is 2. The number of ether oxygens (including phenoxy) is 2. The highest BCUT2D eigenvalue weighted by Crippen LogP contribution is 2.11. The van der Waals surface area contributed by atoms with Crippen LogP contribution < -0.4 is 15.5 Å². The smallest absolute Gasteiger partial charge is 0.408 e. The molecule has 182 valence electrons. The monoisotopic (exact) mass is 463 g/mol. The van der Waals surface area contributed by atoms with E-state index in [9.17, 15) is 14.4 Å². The van der Waals surface area contributed by atoms with Crippen molar-refractivity contribution < 1.29 is 28.7 Å². The second-order valence-electron chi connectivity index (χ2n) is 9.48. The molecule has 0 radical (unpaired) electrons. The molecule has 0 aliphatic rings. The van der Waals surface area contributed by atoms with Gasteiger partial charge in [0.1, 0.15) is 28.3 Å². The van der Waals surface area contributed by atoms with Crippen LogP contribution in [0.25, 0.3) is 11.0 Å². The predicted molar refractivity (Wildman–Crippen MR) is 120 cm³/mol. The van der Waals surface area contributed by atoms with Gasteiger partial charge in [0, 0.05) is 6.54 Å². The Balaban J connectivity index is 1.95. The second kappa shape index (κ2) is 11.0. The zero-order valence-electron chi connectivity index (χ0n) is 20.0. The summed E-state index contributed by atoms with van der Waals surface area (Å²) < 4.78 is 10.4. The Hall–Kier alpha value is -3.37. The van der Waals surface area contributed by atoms with Crippen LogP contribution in [0.1, 0.15) is 60.8 Å². The van der Waals surface area contributed by atoms with Gasteiger partial charge in [-0.05, 0) is 78.2 Å². The molecule has 0 unspecified atom stereocenters. The first-order chi connectivity index (χ1) is 15.3. The first-order valence-electron chi connectivity index (χ1n) is 10.8. The number of carbonyl (C=O) groups excluding carboxylic acids is 3. The SMILES string of the molecule is CC(C)(C)OC(=O)NCCCC[C@H](NC(=O)OC(C)(C)C)C(=O)On1nnc2ccccc21. The zero-order valence-corrected chi connectivity index (χ0v) is 20.0. The molecule has 33 heavy (non-hydrogen) atoms. The van der Waals surface area contributed by atoms with E-state index in [1.54, 1.807) is 65.8 Å². The third-order valence-corrected chi connectivity index (χ3v) is 4.06. The summed E-state index contributed by atoms with van der Waals surface area (Å²) in [6.07, 6.45) is 0.0957. The van der Waals surface area contributed by atoms with E-state index in [4.69, 9.17) is 14.3 Å². The number of hydrogen-bond acceptors (Lipinski definition) is 8. The standard InChI is InChI=1S/C22H33N5O6/c1-21(2,3)31-19(29)23-14-10-9-12-16(24-20(30)32-22(4,5)6)18(28)33-27-17-13-8-7-11-15(17)25-26-27/h7-8,11,13,16H,9-10,12,14H2,1-6H3,(H,23,29)(H,24,30)/t16-/m0/s1. The van der Waals surface area contributed by atoms with E-state index in [-0.39, 0.29) is 6.42 Å². The topological polar surface area (TPSA) is 134 Å². The molecule has 1 atom stereocenters. The Morgan fingerprint density at radius 1 is 0.970 bits per heavy atom. The summed E-state index contributed by atoms with van der Waals surface area (Å²) in [7, 11) is 0. The molecule has 0 spiro atoms. The minimum absolute atomic E-state index is 0.265. The molecule has 11 heteroatoms. The molecule has 0 saturated carbocycles. The number of carbonyl (C=O) groups is 3. The van der Waals surface area contributed by atoms with Gasteiger partial charge in [0.2, 0.25) is 0 Å². The number of nitrogens with zero attached hydrogens (tertiary/aromatic N) is 3. The van der Waals surface area contributed by atoms with E-state index >= 15 is 0 Å². The van der Waals surface area contributed by atoms with Gasteiger partial charge in [-0.2, -0.15) is 0 Å². The maximum atomic E-state index is 12.8. The molecule has 1 aromatic heterocycles. The van der Waals surface area contributed by atoms with Crippen molar-refractivity contribution >= 4 is 29.2 Å². The van der Waals surface area contributed by atoms with Crippen molar-refractivity contribution in [3.8, 4) is 0 Å². The van der Waals surface area contributed by atoms with E-state index in [2.05, 4.69) is 20.9 Å². The predicted octanol–water partition coefficient (Wildman–Crippen LogP) is 2.97. The molecule has 0 saturated heterocycles. The Labute approximate surface area is 193 Å². The number of amides is 2. The number of hydrogen-bond donors (Lipinski definition) is 2. The van der Waals surface area contributed by atoms with Crippen LogP contribution in [-0.4, -0.2) is 57.1 Å². The van der Waals surface area contributed by atoms with Gasteiger partial charge < -0.3 is 24.9 Å². The van der Waals surface area contributed by atoms with Crippen molar-refractivity contribution in [3.63, 3.8) is 0 Å². The van der Waals surface area contributed by atoms with Crippen LogP contribution in [0.5, 0.6) is 0 Å². The average molecular weight is 464 g/mol. The fourth-order valence-corrected chi connectivity index (χ4v) is 2.74. The summed E-state index contributed by atoms with van der Waals surface area (Å²) in [5, 5.41) is 13.0. The molecule has 2 amide bonds. The number of aromatic nitrogens is 3. The number of fused-ring (bicyclic) bond motifs is 1. The van der Waals surface area contributed by atoms with Crippen LogP contribution in [0.15, 0.2) is 24.3 Å². The minimum Gasteiger partial charge on any atom is -0.444 e. The lowest BCUT2D eigenvalue weighted by Gasteiger charge is -2.22. The summed E-state index contributed by atoms with van der Waals surface area (Å²) in [5.41, 5.74) is -0.224. The van der Waals surface area contributed by atoms with Crippen molar-refractivity contribution in [2.45, 2.75) is 78.0 Å². The molecule has 0 aliphatic heterocycles. The van der Waals surface area contributed by atoms with Gasteiger partial charge in [-0.1, -0.05) is 17.0 Å². The molecular formula is C22H33N5O6. The van der Waals surface area contributed by atoms with Crippen LogP contribution in [0.3, 0.4) is 0 Å². The molecular weight excluding hydrogens is 430 g/mol. The molecule has 0 aliphatic carbocycles. The molecule has 2 rings (SSSR count). The summed E-state index contributed by atoms with van der Waals surface area (Å²) >= 11 is 0. The minimum atomic E-state index is -0.982. The van der Waals surface area contributed by atoms with Crippen molar-refractivity contribution in [3.05, 3.63) is 24.3 Å². The molecule has 11 nitrogen and oxygen atoms in total. The van der Waals surface area contributed by atoms with Crippen molar-refractivity contribution in [1.29, 1.82) is 0 Å². The van der Waals surface area contributed by atoms with Gasteiger partial charge in [-0.3, -0.25) is 0 Å². The molecule has 2 N–H and O–H groups in total. The first kappa shape index (κ1) is 25.9. The highest BCUT2D eigenvalue weighted by atomic mass is 16.7. The van der Waals surface area contributed by atoms with Crippen LogP contribution in [0.2, 0.25) is 0 Å². The third kappa shape index (κ3) is 9.34. The summed E-state index contributed by atoms with van der Waals surface area (Å²) in [4.78, 5) is 43.2. The summed E-state index contributed by atoms with van der Waals surface area (Å²) in [6, 6.07) is 6.03. The Morgan fingerprint density at radius 3 is 2.27 bits per heavy atom. The highest BCUT2D eigenvalue weighted by Gasteiger charge is 2.27. The Bertz CT molecular complexity index is 960. The maximum absolute atomic E-state index is 12.8. The largest absolute Gasteiger partial charge is 0.444 e. The van der Waals surface area contributed by atoms with Gasteiger partial charge in [0.05, 0.1) is 0 Å². The number of para-hydroxylation sites is 1. The van der Waals surface area contributed by atoms with E-state index < -0.39 is 35.4 Å². The maximum Gasteiger partial charge on any atom is 0.408 e. The quantitative estimate of drug-likeness (QED) is 0.451. The summed E-state index contributed by atoms with van der Waals surface area (Å²) in [6.45, 7) is 10.9. The van der Waals surface area contributed by atoms with Crippen LogP contribution in [0, 0.1) is 0 Å². The fourth-order valence-electron chi connectivity index (χ4n) is 2.74. The number of unbranched alkanes of at least 4 members (excludes halogenated alkanes) is 1. The van der Waals surface area contributed by atoms with Gasteiger partial charge in [0.25, 0.3) is 0 Å². The first-order valence-corrected chi connectivity index (χ1v) is 10.8. The van der Waals surface area contributed by atoms with Gasteiger partial charge in [-0.25, -0.2) is 14.4 Å². The third-order valence-electron chi connectivity index (χ3n) is 4.06. The second-order valence-corrected chi connectivity index (χ2v) is 9.48. The molecule has 1 heterocycles. The van der Waals surface area contributed by atoms with Crippen molar-refractivity contribution in [2.75, 3.05) is 6.54 Å². The molecule has 0 bridgehead atoms. The van der Waals surface area contributed by atoms with E-state index in [1.165, 1.54) is 0 Å². The van der Waals surface area contributed by atoms with Crippen molar-refractivity contribution in [2.24, 2.45) is 0 Å². The van der Waals surface area contributed by atoms with E-state index in [0.29, 0.717) is 30.4 Å². The lowest BCUT2D eigenvalue weighted by molar-refractivity contribution is -0.148. The van der Waals surface area contributed by atoms with E-state index in [1.807, 2.05) is 0 Å². The number of rotatable bonds is 8. The van der Waals surface area contributed by atoms with E-state index in [0.717, 1.165) is 4.85 Å². The van der Waals surface area contributed by atoms with Crippen molar-refractivity contribution in [1.82, 2.24) is 25.8 Å². The molecule has 2 aromatic rings. The lowest BCUT2D eigenvalue weighted by atomic mass is 10.1. The number of alkyl carbamates (subject to hydrolysis) is 2. The zero-order chi connectivity index (χ0) is 24.6. The normalized spacial score (nSPS) is 12.7. The summed E-state index contributed by atoms with van der Waals surface area (Å²) in [5.74, 6) is -0.711. The molecule has 1 aromatic carbocycles.